The van der Waals surface area contributed by atoms with E-state index in [9.17, 15) is 0 Å². The molecule has 0 aliphatic carbocycles. The molecule has 0 radical (unpaired) electrons. The van der Waals surface area contributed by atoms with E-state index in [0.717, 1.165) is 45.3 Å². The molecule has 0 unspecified atom stereocenters. The van der Waals surface area contributed by atoms with Crippen LogP contribution in [-0.4, -0.2) is 4.57 Å². The predicted molar refractivity (Wildman–Crippen MR) is 162 cm³/mol. The molecule has 0 N–H and O–H groups in total. The Morgan fingerprint density at radius 3 is 1.46 bits per heavy atom. The van der Waals surface area contributed by atoms with Crippen LogP contribution in [0.1, 0.15) is 0 Å². The van der Waals surface area contributed by atoms with Crippen molar-refractivity contribution in [3.8, 4) is 17.2 Å². The van der Waals surface area contributed by atoms with Gasteiger partial charge in [-0.25, -0.2) is 0 Å². The zero-order valence-corrected chi connectivity index (χ0v) is 21.3. The summed E-state index contributed by atoms with van der Waals surface area (Å²) in [5, 5.41) is 2.46. The molecule has 6 aromatic carbocycles. The van der Waals surface area contributed by atoms with Gasteiger partial charge in [0.2, 0.25) is 0 Å². The van der Waals surface area contributed by atoms with Gasteiger partial charge in [-0.1, -0.05) is 91.0 Å². The van der Waals surface area contributed by atoms with Crippen molar-refractivity contribution in [3.63, 3.8) is 0 Å². The summed E-state index contributed by atoms with van der Waals surface area (Å²) in [4.78, 5) is 2.27. The molecule has 3 nitrogen and oxygen atoms in total. The quantitative estimate of drug-likeness (QED) is 0.225. The lowest BCUT2D eigenvalue weighted by Crippen LogP contribution is -2.10. The van der Waals surface area contributed by atoms with Gasteiger partial charge in [0, 0.05) is 34.3 Å². The number of nitrogens with zero attached hydrogens (tertiary/aromatic N) is 2. The first-order valence-corrected chi connectivity index (χ1v) is 13.1. The summed E-state index contributed by atoms with van der Waals surface area (Å²) < 4.78 is 8.80. The number of ether oxygens (including phenoxy) is 1. The summed E-state index contributed by atoms with van der Waals surface area (Å²) in [6.07, 6.45) is 0. The van der Waals surface area contributed by atoms with E-state index in [1.807, 2.05) is 42.5 Å². The molecule has 39 heavy (non-hydrogen) atoms. The number of benzene rings is 6. The van der Waals surface area contributed by atoms with Crippen molar-refractivity contribution in [3.05, 3.63) is 158 Å². The van der Waals surface area contributed by atoms with Crippen LogP contribution in [0.3, 0.4) is 0 Å². The standard InChI is InChI=1S/C36H26N2O/c1-4-14-27(15-5-1)37(28-16-6-2-7-17-28)29-24-30(26-32(25-29)39-31-18-8-3-9-19-31)38-35-22-12-10-20-33(35)34-21-11-13-23-36(34)38/h1-26H. The Labute approximate surface area is 227 Å². The molecular weight excluding hydrogens is 476 g/mol. The number of hydrogen-bond donors (Lipinski definition) is 0. The topological polar surface area (TPSA) is 17.4 Å². The monoisotopic (exact) mass is 502 g/mol. The Bertz CT molecular complexity index is 1780. The maximum Gasteiger partial charge on any atom is 0.131 e. The molecule has 1 aromatic heterocycles. The molecule has 0 aliphatic heterocycles. The van der Waals surface area contributed by atoms with Crippen molar-refractivity contribution in [1.82, 2.24) is 4.57 Å². The number of anilines is 3. The highest BCUT2D eigenvalue weighted by Crippen LogP contribution is 2.40. The van der Waals surface area contributed by atoms with Crippen LogP contribution in [0.2, 0.25) is 0 Å². The van der Waals surface area contributed by atoms with E-state index in [1.165, 1.54) is 10.8 Å². The van der Waals surface area contributed by atoms with Gasteiger partial charge in [0.1, 0.15) is 11.5 Å². The number of rotatable bonds is 6. The molecular formula is C36H26N2O. The fraction of sp³-hybridized carbons (Fsp3) is 0. The molecule has 7 aromatic rings. The minimum atomic E-state index is 0.771. The average Bonchev–Trinajstić information content (AvgIpc) is 3.33. The smallest absolute Gasteiger partial charge is 0.131 e. The van der Waals surface area contributed by atoms with E-state index in [-0.39, 0.29) is 0 Å². The second-order valence-corrected chi connectivity index (χ2v) is 9.48. The normalized spacial score (nSPS) is 11.1. The van der Waals surface area contributed by atoms with Crippen LogP contribution in [0.15, 0.2) is 158 Å². The van der Waals surface area contributed by atoms with Gasteiger partial charge < -0.3 is 14.2 Å². The van der Waals surface area contributed by atoms with E-state index in [2.05, 4.69) is 125 Å². The minimum absolute atomic E-state index is 0.771. The Morgan fingerprint density at radius 2 is 0.897 bits per heavy atom. The molecule has 186 valence electrons. The second kappa shape index (κ2) is 9.88. The zero-order valence-electron chi connectivity index (χ0n) is 21.3. The van der Waals surface area contributed by atoms with Crippen LogP contribution in [0.25, 0.3) is 27.5 Å². The highest BCUT2D eigenvalue weighted by Gasteiger charge is 2.18. The molecule has 3 heteroatoms. The predicted octanol–water partition coefficient (Wildman–Crippen LogP) is 10.0. The number of aromatic nitrogens is 1. The van der Waals surface area contributed by atoms with Gasteiger partial charge in [-0.15, -0.1) is 0 Å². The van der Waals surface area contributed by atoms with E-state index in [0.29, 0.717) is 0 Å². The molecule has 7 rings (SSSR count). The molecule has 0 saturated heterocycles. The lowest BCUT2D eigenvalue weighted by atomic mass is 10.1. The summed E-state index contributed by atoms with van der Waals surface area (Å²) in [6.45, 7) is 0. The first-order valence-electron chi connectivity index (χ1n) is 13.1. The van der Waals surface area contributed by atoms with Crippen LogP contribution in [0, 0.1) is 0 Å². The third-order valence-corrected chi connectivity index (χ3v) is 6.98. The van der Waals surface area contributed by atoms with Gasteiger partial charge in [-0.05, 0) is 54.6 Å². The number of para-hydroxylation sites is 5. The van der Waals surface area contributed by atoms with Gasteiger partial charge in [0.15, 0.2) is 0 Å². The molecule has 0 bridgehead atoms. The van der Waals surface area contributed by atoms with Gasteiger partial charge >= 0.3 is 0 Å². The lowest BCUT2D eigenvalue weighted by Gasteiger charge is -2.26. The third-order valence-electron chi connectivity index (χ3n) is 6.98. The van der Waals surface area contributed by atoms with Crippen molar-refractivity contribution < 1.29 is 4.74 Å². The highest BCUT2D eigenvalue weighted by molar-refractivity contribution is 6.09. The Hall–Kier alpha value is -5.28. The van der Waals surface area contributed by atoms with Crippen molar-refractivity contribution in [2.24, 2.45) is 0 Å². The zero-order chi connectivity index (χ0) is 26.0. The number of fused-ring (bicyclic) bond motifs is 3. The van der Waals surface area contributed by atoms with E-state index in [1.54, 1.807) is 0 Å². The van der Waals surface area contributed by atoms with Crippen LogP contribution >= 0.6 is 0 Å². The van der Waals surface area contributed by atoms with E-state index in [4.69, 9.17) is 4.74 Å². The summed E-state index contributed by atoms with van der Waals surface area (Å²) in [6, 6.07) is 54.5. The largest absolute Gasteiger partial charge is 0.457 e. The number of hydrogen-bond acceptors (Lipinski definition) is 2. The Morgan fingerprint density at radius 1 is 0.410 bits per heavy atom. The summed E-state index contributed by atoms with van der Waals surface area (Å²) in [7, 11) is 0. The van der Waals surface area contributed by atoms with E-state index < -0.39 is 0 Å². The van der Waals surface area contributed by atoms with Crippen LogP contribution in [-0.2, 0) is 0 Å². The van der Waals surface area contributed by atoms with Crippen LogP contribution in [0.4, 0.5) is 17.1 Å². The van der Waals surface area contributed by atoms with Crippen molar-refractivity contribution in [2.75, 3.05) is 4.90 Å². The van der Waals surface area contributed by atoms with Crippen molar-refractivity contribution in [2.45, 2.75) is 0 Å². The molecule has 0 fully saturated rings. The minimum Gasteiger partial charge on any atom is -0.457 e. The summed E-state index contributed by atoms with van der Waals surface area (Å²) >= 11 is 0. The molecule has 0 saturated carbocycles. The van der Waals surface area contributed by atoms with Gasteiger partial charge in [0.05, 0.1) is 22.4 Å². The first-order chi connectivity index (χ1) is 19.3. The molecule has 1 heterocycles. The SMILES string of the molecule is c1ccc(Oc2cc(N(c3ccccc3)c3ccccc3)cc(-n3c4ccccc4c4ccccc43)c2)cc1. The molecule has 0 spiro atoms. The first kappa shape index (κ1) is 22.9. The molecule has 0 amide bonds. The summed E-state index contributed by atoms with van der Waals surface area (Å²) in [5.41, 5.74) is 6.52. The Kier molecular flexibility index (Phi) is 5.80. The van der Waals surface area contributed by atoms with Crippen LogP contribution < -0.4 is 9.64 Å². The van der Waals surface area contributed by atoms with Gasteiger partial charge in [0.25, 0.3) is 0 Å². The summed E-state index contributed by atoms with van der Waals surface area (Å²) in [5.74, 6) is 1.57. The lowest BCUT2D eigenvalue weighted by molar-refractivity contribution is 0.482. The average molecular weight is 503 g/mol. The molecule has 0 aliphatic rings. The van der Waals surface area contributed by atoms with Crippen molar-refractivity contribution in [1.29, 1.82) is 0 Å². The van der Waals surface area contributed by atoms with Crippen molar-refractivity contribution >= 4 is 38.9 Å². The molecule has 0 atom stereocenters. The maximum atomic E-state index is 6.46. The fourth-order valence-corrected chi connectivity index (χ4v) is 5.31. The van der Waals surface area contributed by atoms with Gasteiger partial charge in [-0.2, -0.15) is 0 Å². The van der Waals surface area contributed by atoms with Crippen LogP contribution in [0.5, 0.6) is 11.5 Å². The second-order valence-electron chi connectivity index (χ2n) is 9.48. The highest BCUT2D eigenvalue weighted by atomic mass is 16.5. The fourth-order valence-electron chi connectivity index (χ4n) is 5.31. The maximum absolute atomic E-state index is 6.46. The third kappa shape index (κ3) is 4.30. The Balaban J connectivity index is 1.50. The van der Waals surface area contributed by atoms with E-state index >= 15 is 0 Å². The van der Waals surface area contributed by atoms with Gasteiger partial charge in [-0.3, -0.25) is 0 Å².